The number of carboxylic acids is 1. The number of nitrogens with zero attached hydrogens (tertiary/aromatic N) is 2. The highest BCUT2D eigenvalue weighted by molar-refractivity contribution is 7.89. The highest BCUT2D eigenvalue weighted by atomic mass is 32.2. The van der Waals surface area contributed by atoms with Crippen LogP contribution in [0.2, 0.25) is 0 Å². The molecule has 1 heterocycles. The van der Waals surface area contributed by atoms with Crippen LogP contribution in [0.25, 0.3) is 0 Å². The lowest BCUT2D eigenvalue weighted by atomic mass is 10.1. The maximum Gasteiger partial charge on any atom is 0.335 e. The van der Waals surface area contributed by atoms with Crippen LogP contribution in [-0.2, 0) is 16.4 Å². The van der Waals surface area contributed by atoms with Gasteiger partial charge in [-0.15, -0.1) is 0 Å². The molecule has 134 valence electrons. The largest absolute Gasteiger partial charge is 0.478 e. The van der Waals surface area contributed by atoms with Gasteiger partial charge >= 0.3 is 5.97 Å². The summed E-state index contributed by atoms with van der Waals surface area (Å²) in [6.45, 7) is 8.75. The molecule has 1 fully saturated rings. The Bertz CT molecular complexity index is 699. The molecule has 0 amide bonds. The Hall–Kier alpha value is -1.44. The Labute approximate surface area is 144 Å². The van der Waals surface area contributed by atoms with Gasteiger partial charge in [0.1, 0.15) is 0 Å². The van der Waals surface area contributed by atoms with Crippen molar-refractivity contribution in [1.29, 1.82) is 0 Å². The number of carboxylic acid groups (broad SMARTS) is 1. The van der Waals surface area contributed by atoms with Crippen molar-refractivity contribution in [2.45, 2.75) is 44.6 Å². The maximum absolute atomic E-state index is 13.0. The molecule has 0 aliphatic carbocycles. The molecule has 0 aromatic heterocycles. The zero-order valence-corrected chi connectivity index (χ0v) is 15.3. The van der Waals surface area contributed by atoms with Crippen molar-refractivity contribution in [3.05, 3.63) is 29.3 Å². The molecule has 1 N–H and O–H groups in total. The molecular weight excluding hydrogens is 328 g/mol. The van der Waals surface area contributed by atoms with E-state index < -0.39 is 16.0 Å². The molecule has 6 nitrogen and oxygen atoms in total. The second-order valence-corrected chi connectivity index (χ2v) is 7.91. The number of aromatic carboxylic acids is 1. The molecule has 1 aliphatic heterocycles. The van der Waals surface area contributed by atoms with E-state index in [4.69, 9.17) is 5.11 Å². The lowest BCUT2D eigenvalue weighted by Gasteiger charge is -2.26. The molecule has 1 atom stereocenters. The van der Waals surface area contributed by atoms with Gasteiger partial charge in [0.15, 0.2) is 0 Å². The summed E-state index contributed by atoms with van der Waals surface area (Å²) >= 11 is 0. The van der Waals surface area contributed by atoms with E-state index in [0.717, 1.165) is 19.5 Å². The maximum atomic E-state index is 13.0. The molecule has 0 bridgehead atoms. The van der Waals surface area contributed by atoms with Crippen LogP contribution in [0.4, 0.5) is 0 Å². The molecular formula is C17H26N2O4S. The van der Waals surface area contributed by atoms with Crippen LogP contribution in [0.3, 0.4) is 0 Å². The Morgan fingerprint density at radius 3 is 2.50 bits per heavy atom. The van der Waals surface area contributed by atoms with Gasteiger partial charge in [-0.3, -0.25) is 4.90 Å². The highest BCUT2D eigenvalue weighted by Crippen LogP contribution is 2.27. The van der Waals surface area contributed by atoms with E-state index in [-0.39, 0.29) is 16.5 Å². The third-order valence-electron chi connectivity index (χ3n) is 4.77. The second-order valence-electron chi connectivity index (χ2n) is 6.01. The number of hydrogen-bond donors (Lipinski definition) is 1. The smallest absolute Gasteiger partial charge is 0.335 e. The fraction of sp³-hybridized carbons (Fsp3) is 0.588. The molecule has 24 heavy (non-hydrogen) atoms. The number of benzene rings is 1. The molecule has 1 aliphatic rings. The molecule has 1 saturated heterocycles. The molecule has 0 radical (unpaired) electrons. The Kier molecular flexibility index (Phi) is 6.01. The normalized spacial score (nSPS) is 19.1. The van der Waals surface area contributed by atoms with Crippen LogP contribution in [0.5, 0.6) is 0 Å². The molecule has 0 spiro atoms. The summed E-state index contributed by atoms with van der Waals surface area (Å²) in [5.74, 6) is -1.11. The number of rotatable bonds is 7. The first kappa shape index (κ1) is 18.9. The van der Waals surface area contributed by atoms with Gasteiger partial charge in [-0.2, -0.15) is 4.31 Å². The molecule has 7 heteroatoms. The van der Waals surface area contributed by atoms with E-state index >= 15 is 0 Å². The van der Waals surface area contributed by atoms with Crippen LogP contribution in [-0.4, -0.2) is 60.9 Å². The van der Waals surface area contributed by atoms with Gasteiger partial charge in [-0.05, 0) is 43.6 Å². The number of carbonyl (C=O) groups is 1. The van der Waals surface area contributed by atoms with E-state index in [2.05, 4.69) is 18.7 Å². The van der Waals surface area contributed by atoms with Gasteiger partial charge in [-0.1, -0.05) is 26.8 Å². The quantitative estimate of drug-likeness (QED) is 0.811. The van der Waals surface area contributed by atoms with Crippen LogP contribution in [0, 0.1) is 0 Å². The van der Waals surface area contributed by atoms with Gasteiger partial charge in [0.2, 0.25) is 10.0 Å². The molecule has 1 aromatic carbocycles. The Morgan fingerprint density at radius 1 is 1.29 bits per heavy atom. The average Bonchev–Trinajstić information content (AvgIpc) is 3.06. The van der Waals surface area contributed by atoms with Crippen molar-refractivity contribution in [2.24, 2.45) is 0 Å². The summed E-state index contributed by atoms with van der Waals surface area (Å²) in [4.78, 5) is 13.6. The summed E-state index contributed by atoms with van der Waals surface area (Å²) in [6.07, 6.45) is 1.35. The van der Waals surface area contributed by atoms with Crippen LogP contribution >= 0.6 is 0 Å². The van der Waals surface area contributed by atoms with Crippen molar-refractivity contribution in [2.75, 3.05) is 26.2 Å². The number of aryl methyl sites for hydroxylation is 1. The summed E-state index contributed by atoms with van der Waals surface area (Å²) in [5.41, 5.74) is 0.663. The van der Waals surface area contributed by atoms with Crippen LogP contribution in [0.1, 0.15) is 43.1 Å². The summed E-state index contributed by atoms with van der Waals surface area (Å²) in [5, 5.41) is 9.17. The zero-order valence-electron chi connectivity index (χ0n) is 14.5. The van der Waals surface area contributed by atoms with E-state index in [9.17, 15) is 13.2 Å². The summed E-state index contributed by atoms with van der Waals surface area (Å²) < 4.78 is 27.6. The van der Waals surface area contributed by atoms with Crippen molar-refractivity contribution >= 4 is 16.0 Å². The fourth-order valence-electron chi connectivity index (χ4n) is 3.33. The van der Waals surface area contributed by atoms with E-state index in [0.29, 0.717) is 25.1 Å². The minimum absolute atomic E-state index is 0.00487. The van der Waals surface area contributed by atoms with Crippen LogP contribution < -0.4 is 0 Å². The third-order valence-corrected chi connectivity index (χ3v) is 6.72. The topological polar surface area (TPSA) is 77.9 Å². The summed E-state index contributed by atoms with van der Waals surface area (Å²) in [6, 6.07) is 4.58. The Morgan fingerprint density at radius 2 is 1.96 bits per heavy atom. The van der Waals surface area contributed by atoms with Gasteiger partial charge in [0, 0.05) is 19.1 Å². The van der Waals surface area contributed by atoms with Crippen molar-refractivity contribution in [3.8, 4) is 0 Å². The zero-order chi connectivity index (χ0) is 17.9. The first-order valence-electron chi connectivity index (χ1n) is 8.45. The lowest BCUT2D eigenvalue weighted by Crippen LogP contribution is -2.38. The van der Waals surface area contributed by atoms with Crippen LogP contribution in [0.15, 0.2) is 23.1 Å². The fourth-order valence-corrected chi connectivity index (χ4v) is 5.14. The summed E-state index contributed by atoms with van der Waals surface area (Å²) in [7, 11) is -3.68. The van der Waals surface area contributed by atoms with E-state index in [1.54, 1.807) is 6.07 Å². The van der Waals surface area contributed by atoms with E-state index in [1.165, 1.54) is 16.4 Å². The number of likely N-dealkylation sites (N-methyl/N-ethyl adjacent to an activating group) is 1. The van der Waals surface area contributed by atoms with Gasteiger partial charge in [0.25, 0.3) is 0 Å². The first-order chi connectivity index (χ1) is 11.3. The average molecular weight is 354 g/mol. The second kappa shape index (κ2) is 7.63. The highest BCUT2D eigenvalue weighted by Gasteiger charge is 2.35. The van der Waals surface area contributed by atoms with Crippen molar-refractivity contribution in [3.63, 3.8) is 0 Å². The predicted molar refractivity (Wildman–Crippen MR) is 92.9 cm³/mol. The minimum Gasteiger partial charge on any atom is -0.478 e. The van der Waals surface area contributed by atoms with Crippen molar-refractivity contribution < 1.29 is 18.3 Å². The monoisotopic (exact) mass is 354 g/mol. The van der Waals surface area contributed by atoms with E-state index in [1.807, 2.05) is 6.92 Å². The predicted octanol–water partition coefficient (Wildman–Crippen LogP) is 2.05. The minimum atomic E-state index is -3.68. The lowest BCUT2D eigenvalue weighted by molar-refractivity contribution is 0.0696. The standard InChI is InChI=1S/C17H26N2O4S/c1-4-13-7-8-14(17(20)21)11-16(13)24(22,23)19-10-9-15(12-19)18(5-2)6-3/h7-8,11,15H,4-6,9-10,12H2,1-3H3,(H,20,21)/t15-/m0/s1. The van der Waals surface area contributed by atoms with Gasteiger partial charge < -0.3 is 5.11 Å². The van der Waals surface area contributed by atoms with Crippen molar-refractivity contribution in [1.82, 2.24) is 9.21 Å². The van der Waals surface area contributed by atoms with Gasteiger partial charge in [-0.25, -0.2) is 13.2 Å². The first-order valence-corrected chi connectivity index (χ1v) is 9.89. The molecule has 0 saturated carbocycles. The number of hydrogen-bond acceptors (Lipinski definition) is 4. The SMILES string of the molecule is CCc1ccc(C(=O)O)cc1S(=O)(=O)N1CC[C@H](N(CC)CC)C1. The third kappa shape index (κ3) is 3.63. The molecule has 2 rings (SSSR count). The molecule has 0 unspecified atom stereocenters. The Balaban J connectivity index is 2.34. The van der Waals surface area contributed by atoms with Gasteiger partial charge in [0.05, 0.1) is 10.5 Å². The molecule has 1 aromatic rings. The number of sulfonamides is 1.